The second-order valence-electron chi connectivity index (χ2n) is 8.85. The molecule has 0 bridgehead atoms. The topological polar surface area (TPSA) is 71.3 Å². The number of hydrogen-bond donors (Lipinski definition) is 2. The van der Waals surface area contributed by atoms with E-state index in [-0.39, 0.29) is 11.4 Å². The van der Waals surface area contributed by atoms with Gasteiger partial charge in [-0.25, -0.2) is 8.42 Å². The van der Waals surface area contributed by atoms with Gasteiger partial charge in [0.1, 0.15) is 18.4 Å². The Morgan fingerprint density at radius 3 is 1.94 bits per heavy atom. The fourth-order valence-corrected chi connectivity index (χ4v) is 5.33. The first-order valence-corrected chi connectivity index (χ1v) is 12.3. The highest BCUT2D eigenvalue weighted by Gasteiger charge is 2.29. The van der Waals surface area contributed by atoms with E-state index < -0.39 is 16.1 Å². The van der Waals surface area contributed by atoms with E-state index in [4.69, 9.17) is 4.74 Å². The van der Waals surface area contributed by atoms with Gasteiger partial charge in [-0.1, -0.05) is 45.9 Å². The third-order valence-corrected chi connectivity index (χ3v) is 6.79. The van der Waals surface area contributed by atoms with Gasteiger partial charge in [-0.2, -0.15) is 0 Å². The molecule has 0 saturated carbocycles. The number of nitrogens with zero attached hydrogens (tertiary/aromatic N) is 1. The summed E-state index contributed by atoms with van der Waals surface area (Å²) in [5.74, 6) is 1.63. The summed E-state index contributed by atoms with van der Waals surface area (Å²) in [4.78, 5) is 1.48. The second kappa shape index (κ2) is 11.5. The molecule has 0 aliphatic heterocycles. The maximum atomic E-state index is 13.4. The predicted octanol–water partition coefficient (Wildman–Crippen LogP) is 2.45. The maximum absolute atomic E-state index is 13.4. The summed E-state index contributed by atoms with van der Waals surface area (Å²) >= 11 is 0. The third-order valence-electron chi connectivity index (χ3n) is 4.99. The van der Waals surface area contributed by atoms with E-state index in [1.54, 1.807) is 61.7 Å². The molecular weight excluding hydrogens is 412 g/mol. The highest BCUT2D eigenvalue weighted by molar-refractivity contribution is 7.92. The number of benzene rings is 2. The lowest BCUT2D eigenvalue weighted by molar-refractivity contribution is -0.909. The van der Waals surface area contributed by atoms with Gasteiger partial charge in [0.25, 0.3) is 10.0 Å². The minimum atomic E-state index is -3.83. The Balaban J connectivity index is 2.31. The normalized spacial score (nSPS) is 13.1. The number of anilines is 1. The Morgan fingerprint density at radius 1 is 0.903 bits per heavy atom. The van der Waals surface area contributed by atoms with E-state index in [1.165, 1.54) is 9.21 Å². The van der Waals surface area contributed by atoms with Crippen LogP contribution in [0.3, 0.4) is 0 Å². The first kappa shape index (κ1) is 25.2. The fourth-order valence-electron chi connectivity index (χ4n) is 3.80. The highest BCUT2D eigenvalue weighted by atomic mass is 32.2. The minimum absolute atomic E-state index is 0.0107. The molecule has 0 aliphatic rings. The number of nitrogens with one attached hydrogen (secondary N) is 1. The molecule has 0 unspecified atom stereocenters. The standard InChI is InChI=1S/C24H36N2O4S/c1-19(2)15-25(16-20(3)4)17-22(27)18-26(21-11-13-23(30-5)14-12-21)31(28,29)24-9-7-6-8-10-24/h6-14,19-20,22,27H,15-18H2,1-5H3/p+1/t22-/m1/s1. The number of sulfonamides is 1. The van der Waals surface area contributed by atoms with Crippen LogP contribution in [0.15, 0.2) is 59.5 Å². The number of quaternary nitrogens is 1. The van der Waals surface area contributed by atoms with Crippen LogP contribution >= 0.6 is 0 Å². The van der Waals surface area contributed by atoms with Crippen molar-refractivity contribution in [2.45, 2.75) is 38.7 Å². The van der Waals surface area contributed by atoms with Crippen LogP contribution in [0.1, 0.15) is 27.7 Å². The van der Waals surface area contributed by atoms with Crippen molar-refractivity contribution in [3.8, 4) is 5.75 Å². The summed E-state index contributed by atoms with van der Waals surface area (Å²) in [6, 6.07) is 15.2. The summed E-state index contributed by atoms with van der Waals surface area (Å²) < 4.78 is 33.4. The number of methoxy groups -OCH3 is 1. The molecule has 2 aromatic rings. The minimum Gasteiger partial charge on any atom is -0.497 e. The van der Waals surface area contributed by atoms with Crippen LogP contribution in [0.2, 0.25) is 0 Å². The number of aliphatic hydroxyl groups is 1. The fraction of sp³-hybridized carbons (Fsp3) is 0.500. The molecule has 31 heavy (non-hydrogen) atoms. The zero-order chi connectivity index (χ0) is 23.0. The van der Waals surface area contributed by atoms with Gasteiger partial charge in [-0.15, -0.1) is 0 Å². The summed E-state index contributed by atoms with van der Waals surface area (Å²) in [5, 5.41) is 10.9. The summed E-state index contributed by atoms with van der Waals surface area (Å²) in [6.07, 6.45) is -0.798. The summed E-state index contributed by atoms with van der Waals surface area (Å²) in [7, 11) is -2.26. The molecule has 2 N–H and O–H groups in total. The van der Waals surface area contributed by atoms with Crippen molar-refractivity contribution in [3.05, 3.63) is 54.6 Å². The van der Waals surface area contributed by atoms with Gasteiger partial charge in [-0.3, -0.25) is 4.31 Å². The van der Waals surface area contributed by atoms with E-state index in [0.29, 0.717) is 29.8 Å². The Bertz CT molecular complexity index is 874. The molecule has 0 spiro atoms. The number of ether oxygens (including phenoxy) is 1. The van der Waals surface area contributed by atoms with Gasteiger partial charge in [0, 0.05) is 11.8 Å². The quantitative estimate of drug-likeness (QED) is 0.522. The Morgan fingerprint density at radius 2 is 1.45 bits per heavy atom. The average Bonchev–Trinajstić information content (AvgIpc) is 2.71. The van der Waals surface area contributed by atoms with E-state index in [0.717, 1.165) is 13.1 Å². The monoisotopic (exact) mass is 449 g/mol. The summed E-state index contributed by atoms with van der Waals surface area (Å²) in [6.45, 7) is 11.0. The van der Waals surface area contributed by atoms with Gasteiger partial charge >= 0.3 is 0 Å². The van der Waals surface area contributed by atoms with Gasteiger partial charge in [0.2, 0.25) is 0 Å². The first-order chi connectivity index (χ1) is 14.6. The molecule has 0 fully saturated rings. The molecule has 7 heteroatoms. The van der Waals surface area contributed by atoms with Crippen LogP contribution < -0.4 is 13.9 Å². The molecular formula is C24H37N2O4S+. The maximum Gasteiger partial charge on any atom is 0.264 e. The van der Waals surface area contributed by atoms with Gasteiger partial charge in [0.15, 0.2) is 0 Å². The van der Waals surface area contributed by atoms with Crippen LogP contribution in [-0.2, 0) is 10.0 Å². The molecule has 2 aromatic carbocycles. The Hall–Kier alpha value is -2.09. The molecule has 2 rings (SSSR count). The van der Waals surface area contributed by atoms with Crippen LogP contribution in [0, 0.1) is 11.8 Å². The molecule has 6 nitrogen and oxygen atoms in total. The van der Waals surface area contributed by atoms with E-state index >= 15 is 0 Å². The second-order valence-corrected chi connectivity index (χ2v) is 10.7. The number of aliphatic hydroxyl groups excluding tert-OH is 1. The highest BCUT2D eigenvalue weighted by Crippen LogP contribution is 2.26. The van der Waals surface area contributed by atoms with Crippen LogP contribution in [0.5, 0.6) is 5.75 Å². The van der Waals surface area contributed by atoms with Crippen molar-refractivity contribution in [3.63, 3.8) is 0 Å². The van der Waals surface area contributed by atoms with E-state index in [9.17, 15) is 13.5 Å². The summed E-state index contributed by atoms with van der Waals surface area (Å²) in [5.41, 5.74) is 0.498. The first-order valence-electron chi connectivity index (χ1n) is 10.9. The molecule has 172 valence electrons. The molecule has 0 saturated heterocycles. The van der Waals surface area contributed by atoms with Crippen molar-refractivity contribution in [2.75, 3.05) is 37.6 Å². The van der Waals surface area contributed by atoms with Crippen molar-refractivity contribution in [2.24, 2.45) is 11.8 Å². The molecule has 0 radical (unpaired) electrons. The Kier molecular flexibility index (Phi) is 9.34. The van der Waals surface area contributed by atoms with E-state index in [1.807, 2.05) is 0 Å². The van der Waals surface area contributed by atoms with Gasteiger partial charge in [-0.05, 0) is 36.4 Å². The predicted molar refractivity (Wildman–Crippen MR) is 125 cm³/mol. The number of rotatable bonds is 12. The molecule has 0 aromatic heterocycles. The Labute approximate surface area is 187 Å². The van der Waals surface area contributed by atoms with Crippen LogP contribution in [0.4, 0.5) is 5.69 Å². The smallest absolute Gasteiger partial charge is 0.264 e. The van der Waals surface area contributed by atoms with Crippen LogP contribution in [0.25, 0.3) is 0 Å². The zero-order valence-electron chi connectivity index (χ0n) is 19.3. The lowest BCUT2D eigenvalue weighted by Gasteiger charge is -2.30. The van der Waals surface area contributed by atoms with Crippen molar-refractivity contribution in [1.29, 1.82) is 0 Å². The zero-order valence-corrected chi connectivity index (χ0v) is 20.1. The molecule has 1 atom stereocenters. The van der Waals surface area contributed by atoms with Gasteiger partial charge in [0.05, 0.1) is 37.3 Å². The molecule has 0 heterocycles. The molecule has 0 aliphatic carbocycles. The van der Waals surface area contributed by atoms with Crippen molar-refractivity contribution in [1.82, 2.24) is 0 Å². The number of hydrogen-bond acceptors (Lipinski definition) is 4. The molecule has 0 amide bonds. The van der Waals surface area contributed by atoms with E-state index in [2.05, 4.69) is 27.7 Å². The largest absolute Gasteiger partial charge is 0.497 e. The van der Waals surface area contributed by atoms with Crippen LogP contribution in [-0.4, -0.2) is 52.9 Å². The van der Waals surface area contributed by atoms with Gasteiger partial charge < -0.3 is 14.7 Å². The average molecular weight is 450 g/mol. The SMILES string of the molecule is COc1ccc(N(C[C@H](O)C[NH+](CC(C)C)CC(C)C)S(=O)(=O)c2ccccc2)cc1. The van der Waals surface area contributed by atoms with Crippen molar-refractivity contribution >= 4 is 15.7 Å². The lowest BCUT2D eigenvalue weighted by atomic mass is 10.1. The lowest BCUT2D eigenvalue weighted by Crippen LogP contribution is -3.14. The van der Waals surface area contributed by atoms with Crippen molar-refractivity contribution < 1.29 is 23.2 Å². The third kappa shape index (κ3) is 7.52.